The van der Waals surface area contributed by atoms with Crippen LogP contribution in [0, 0.1) is 0 Å². The predicted molar refractivity (Wildman–Crippen MR) is 62.6 cm³/mol. The largest absolute Gasteiger partial charge is 0.330 e. The van der Waals surface area contributed by atoms with Crippen LogP contribution >= 0.6 is 0 Å². The third-order valence-corrected chi connectivity index (χ3v) is 2.24. The summed E-state index contributed by atoms with van der Waals surface area (Å²) < 4.78 is 0. The lowest BCUT2D eigenvalue weighted by Crippen LogP contribution is -2.41. The number of rotatable bonds is 4. The molecule has 6 nitrogen and oxygen atoms in total. The third kappa shape index (κ3) is 3.51. The van der Waals surface area contributed by atoms with Crippen molar-refractivity contribution in [3.8, 4) is 0 Å². The van der Waals surface area contributed by atoms with E-state index in [0.29, 0.717) is 17.4 Å². The molecule has 1 rings (SSSR count). The van der Waals surface area contributed by atoms with Gasteiger partial charge in [-0.05, 0) is 11.6 Å². The van der Waals surface area contributed by atoms with Crippen molar-refractivity contribution in [3.63, 3.8) is 0 Å². The number of benzene rings is 1. The van der Waals surface area contributed by atoms with Gasteiger partial charge in [0.1, 0.15) is 6.29 Å². The second-order valence-corrected chi connectivity index (χ2v) is 3.54. The fourth-order valence-electron chi connectivity index (χ4n) is 1.40. The molecule has 0 saturated carbocycles. The Balaban J connectivity index is 2.89. The Bertz CT molecular complexity index is 485. The highest BCUT2D eigenvalue weighted by Crippen LogP contribution is 2.07. The molecule has 6 heteroatoms. The van der Waals surface area contributed by atoms with Gasteiger partial charge in [-0.3, -0.25) is 24.6 Å². The van der Waals surface area contributed by atoms with Gasteiger partial charge in [0.05, 0.1) is 6.54 Å². The molecule has 1 aromatic rings. The molecule has 0 fully saturated rings. The maximum absolute atomic E-state index is 11.4. The van der Waals surface area contributed by atoms with Crippen LogP contribution in [0.1, 0.15) is 22.8 Å². The second-order valence-electron chi connectivity index (χ2n) is 3.54. The molecule has 0 unspecified atom stereocenters. The number of urea groups is 1. The first-order chi connectivity index (χ1) is 8.58. The number of hydrogen-bond acceptors (Lipinski definition) is 4. The maximum Gasteiger partial charge on any atom is 0.330 e. The van der Waals surface area contributed by atoms with E-state index in [4.69, 9.17) is 0 Å². The minimum absolute atomic E-state index is 0.00329. The Kier molecular flexibility index (Phi) is 4.74. The molecule has 0 aliphatic carbocycles. The standard InChI is InChI=1S/C12H12N2O4/c1-9(17)14(12(18)13-8-16)6-10-3-2-4-11(5-10)7-15/h2-5,7-8H,6H2,1H3,(H,13,16,18). The van der Waals surface area contributed by atoms with Crippen LogP contribution in [0.2, 0.25) is 0 Å². The van der Waals surface area contributed by atoms with E-state index in [1.54, 1.807) is 24.3 Å². The summed E-state index contributed by atoms with van der Waals surface area (Å²) in [5.41, 5.74) is 1.07. The second kappa shape index (κ2) is 6.29. The normalized spacial score (nSPS) is 9.39. The van der Waals surface area contributed by atoms with Gasteiger partial charge < -0.3 is 0 Å². The van der Waals surface area contributed by atoms with E-state index < -0.39 is 11.9 Å². The number of aldehydes is 1. The lowest BCUT2D eigenvalue weighted by Gasteiger charge is -2.18. The van der Waals surface area contributed by atoms with Crippen molar-refractivity contribution in [2.24, 2.45) is 0 Å². The van der Waals surface area contributed by atoms with Gasteiger partial charge in [-0.25, -0.2) is 4.79 Å². The van der Waals surface area contributed by atoms with Crippen molar-refractivity contribution < 1.29 is 19.2 Å². The fraction of sp³-hybridized carbons (Fsp3) is 0.167. The summed E-state index contributed by atoms with van der Waals surface area (Å²) in [5.74, 6) is -0.495. The van der Waals surface area contributed by atoms with Crippen LogP contribution in [-0.4, -0.2) is 29.5 Å². The summed E-state index contributed by atoms with van der Waals surface area (Å²) in [6.07, 6.45) is 0.882. The molecule has 0 aromatic heterocycles. The van der Waals surface area contributed by atoms with E-state index in [-0.39, 0.29) is 13.0 Å². The average Bonchev–Trinajstić information content (AvgIpc) is 2.36. The minimum atomic E-state index is -0.797. The molecule has 18 heavy (non-hydrogen) atoms. The van der Waals surface area contributed by atoms with Crippen LogP contribution < -0.4 is 5.32 Å². The number of imide groups is 2. The van der Waals surface area contributed by atoms with E-state index in [2.05, 4.69) is 0 Å². The van der Waals surface area contributed by atoms with Crippen LogP contribution in [0.3, 0.4) is 0 Å². The Labute approximate surface area is 104 Å². The number of nitrogens with one attached hydrogen (secondary N) is 1. The first-order valence-corrected chi connectivity index (χ1v) is 5.15. The minimum Gasteiger partial charge on any atom is -0.298 e. The molecule has 1 aromatic carbocycles. The zero-order valence-corrected chi connectivity index (χ0v) is 9.75. The van der Waals surface area contributed by atoms with Crippen LogP contribution in [0.4, 0.5) is 4.79 Å². The molecule has 0 spiro atoms. The molecule has 4 amide bonds. The van der Waals surface area contributed by atoms with Crippen LogP contribution in [-0.2, 0) is 16.1 Å². The maximum atomic E-state index is 11.4. The monoisotopic (exact) mass is 248 g/mol. The number of nitrogens with zero attached hydrogens (tertiary/aromatic N) is 1. The quantitative estimate of drug-likeness (QED) is 0.795. The van der Waals surface area contributed by atoms with Gasteiger partial charge in [0, 0.05) is 12.5 Å². The molecular formula is C12H12N2O4. The number of amides is 4. The number of carbonyl (C=O) groups excluding carboxylic acids is 4. The van der Waals surface area contributed by atoms with Crippen molar-refractivity contribution in [1.82, 2.24) is 10.2 Å². The molecule has 0 heterocycles. The summed E-state index contributed by atoms with van der Waals surface area (Å²) in [7, 11) is 0. The van der Waals surface area contributed by atoms with Gasteiger partial charge in [-0.2, -0.15) is 0 Å². The van der Waals surface area contributed by atoms with Gasteiger partial charge in [0.25, 0.3) is 0 Å². The Morgan fingerprint density at radius 3 is 2.61 bits per heavy atom. The Morgan fingerprint density at radius 2 is 2.06 bits per heavy atom. The van der Waals surface area contributed by atoms with Gasteiger partial charge in [0.15, 0.2) is 0 Å². The molecule has 0 aliphatic heterocycles. The van der Waals surface area contributed by atoms with E-state index >= 15 is 0 Å². The van der Waals surface area contributed by atoms with E-state index in [1.165, 1.54) is 6.92 Å². The highest BCUT2D eigenvalue weighted by atomic mass is 16.2. The zero-order chi connectivity index (χ0) is 13.5. The lowest BCUT2D eigenvalue weighted by atomic mass is 10.1. The summed E-state index contributed by atoms with van der Waals surface area (Å²) in [6, 6.07) is 5.71. The topological polar surface area (TPSA) is 83.6 Å². The van der Waals surface area contributed by atoms with Gasteiger partial charge >= 0.3 is 6.03 Å². The number of carbonyl (C=O) groups is 4. The van der Waals surface area contributed by atoms with Crippen molar-refractivity contribution in [1.29, 1.82) is 0 Å². The summed E-state index contributed by atoms with van der Waals surface area (Å²) in [5, 5.41) is 1.89. The number of hydrogen-bond donors (Lipinski definition) is 1. The van der Waals surface area contributed by atoms with Crippen molar-refractivity contribution in [2.75, 3.05) is 0 Å². The summed E-state index contributed by atoms with van der Waals surface area (Å²) >= 11 is 0. The molecule has 1 N–H and O–H groups in total. The van der Waals surface area contributed by atoms with Crippen LogP contribution in [0.25, 0.3) is 0 Å². The predicted octanol–water partition coefficient (Wildman–Crippen LogP) is 0.714. The first kappa shape index (κ1) is 13.6. The molecule has 0 bridgehead atoms. The van der Waals surface area contributed by atoms with Crippen molar-refractivity contribution in [3.05, 3.63) is 35.4 Å². The van der Waals surface area contributed by atoms with Crippen LogP contribution in [0.5, 0.6) is 0 Å². The first-order valence-electron chi connectivity index (χ1n) is 5.15. The Hall–Kier alpha value is -2.50. The highest BCUT2D eigenvalue weighted by molar-refractivity contribution is 5.97. The summed E-state index contributed by atoms with van der Waals surface area (Å²) in [4.78, 5) is 44.4. The molecule has 0 radical (unpaired) electrons. The lowest BCUT2D eigenvalue weighted by molar-refractivity contribution is -0.126. The highest BCUT2D eigenvalue weighted by Gasteiger charge is 2.17. The van der Waals surface area contributed by atoms with Gasteiger partial charge in [0.2, 0.25) is 12.3 Å². The molecule has 94 valence electrons. The van der Waals surface area contributed by atoms with Gasteiger partial charge in [-0.15, -0.1) is 0 Å². The third-order valence-electron chi connectivity index (χ3n) is 2.24. The van der Waals surface area contributed by atoms with E-state index in [0.717, 1.165) is 4.90 Å². The van der Waals surface area contributed by atoms with Crippen LogP contribution in [0.15, 0.2) is 24.3 Å². The summed E-state index contributed by atoms with van der Waals surface area (Å²) in [6.45, 7) is 1.21. The average molecular weight is 248 g/mol. The fourth-order valence-corrected chi connectivity index (χ4v) is 1.40. The van der Waals surface area contributed by atoms with Gasteiger partial charge in [-0.1, -0.05) is 18.2 Å². The molecule has 0 atom stereocenters. The molecule has 0 saturated heterocycles. The Morgan fingerprint density at radius 1 is 1.33 bits per heavy atom. The smallest absolute Gasteiger partial charge is 0.298 e. The van der Waals surface area contributed by atoms with Crippen molar-refractivity contribution in [2.45, 2.75) is 13.5 Å². The van der Waals surface area contributed by atoms with E-state index in [9.17, 15) is 19.2 Å². The molecule has 0 aliphatic rings. The van der Waals surface area contributed by atoms with Crippen molar-refractivity contribution >= 4 is 24.6 Å². The van der Waals surface area contributed by atoms with E-state index in [1.807, 2.05) is 5.32 Å². The molecular weight excluding hydrogens is 236 g/mol. The SMILES string of the molecule is CC(=O)N(Cc1cccc(C=O)c1)C(=O)NC=O. The zero-order valence-electron chi connectivity index (χ0n) is 9.75.